The highest BCUT2D eigenvalue weighted by Crippen LogP contribution is 2.23. The average molecular weight is 371 g/mol. The molecule has 7 heteroatoms. The number of piperidine rings is 1. The molecule has 2 fully saturated rings. The van der Waals surface area contributed by atoms with Crippen molar-refractivity contribution in [2.45, 2.75) is 33.2 Å². The van der Waals surface area contributed by atoms with Gasteiger partial charge in [-0.3, -0.25) is 4.90 Å². The molecule has 0 saturated carbocycles. The Kier molecular flexibility index (Phi) is 5.69. The number of hydrogen-bond donors (Lipinski definition) is 0. The van der Waals surface area contributed by atoms with Crippen LogP contribution in [0.3, 0.4) is 0 Å². The van der Waals surface area contributed by atoms with E-state index in [1.54, 1.807) is 0 Å². The van der Waals surface area contributed by atoms with Gasteiger partial charge in [0.05, 0.1) is 6.54 Å². The fourth-order valence-corrected chi connectivity index (χ4v) is 3.99. The molecule has 0 aliphatic carbocycles. The Morgan fingerprint density at radius 3 is 2.63 bits per heavy atom. The SMILES string of the molecule is CCN1CCN(Cc2nc(-c3ccc(N4CCC[C@H](C)C4)nc3)no2)CC1. The summed E-state index contributed by atoms with van der Waals surface area (Å²) in [6, 6.07) is 4.13. The molecule has 0 amide bonds. The lowest BCUT2D eigenvalue weighted by Gasteiger charge is -2.33. The summed E-state index contributed by atoms with van der Waals surface area (Å²) >= 11 is 0. The molecule has 0 N–H and O–H groups in total. The Labute approximate surface area is 161 Å². The third-order valence-corrected chi connectivity index (χ3v) is 5.73. The van der Waals surface area contributed by atoms with Gasteiger partial charge in [-0.1, -0.05) is 19.0 Å². The fraction of sp³-hybridized carbons (Fsp3) is 0.650. The second-order valence-electron chi connectivity index (χ2n) is 7.82. The van der Waals surface area contributed by atoms with Crippen molar-refractivity contribution in [1.82, 2.24) is 24.9 Å². The van der Waals surface area contributed by atoms with Crippen LogP contribution in [0.1, 0.15) is 32.6 Å². The molecule has 2 aliphatic heterocycles. The van der Waals surface area contributed by atoms with Gasteiger partial charge in [-0.05, 0) is 37.4 Å². The molecule has 2 aromatic heterocycles. The van der Waals surface area contributed by atoms with E-state index in [-0.39, 0.29) is 0 Å². The van der Waals surface area contributed by atoms with Crippen molar-refractivity contribution in [3.05, 3.63) is 24.2 Å². The number of aromatic nitrogens is 3. The Morgan fingerprint density at radius 1 is 1.11 bits per heavy atom. The van der Waals surface area contributed by atoms with E-state index >= 15 is 0 Å². The van der Waals surface area contributed by atoms with E-state index in [0.717, 1.165) is 69.7 Å². The van der Waals surface area contributed by atoms with Crippen molar-refractivity contribution in [3.8, 4) is 11.4 Å². The van der Waals surface area contributed by atoms with Crippen LogP contribution in [0.4, 0.5) is 5.82 Å². The van der Waals surface area contributed by atoms with E-state index in [1.807, 2.05) is 6.20 Å². The van der Waals surface area contributed by atoms with Gasteiger partial charge in [0.15, 0.2) is 0 Å². The number of rotatable bonds is 5. The molecule has 4 rings (SSSR count). The maximum absolute atomic E-state index is 5.48. The molecule has 0 unspecified atom stereocenters. The van der Waals surface area contributed by atoms with E-state index in [9.17, 15) is 0 Å². The molecule has 7 nitrogen and oxygen atoms in total. The summed E-state index contributed by atoms with van der Waals surface area (Å²) < 4.78 is 5.48. The number of pyridine rings is 1. The Balaban J connectivity index is 1.37. The van der Waals surface area contributed by atoms with Crippen LogP contribution in [-0.2, 0) is 6.54 Å². The van der Waals surface area contributed by atoms with Gasteiger partial charge in [-0.25, -0.2) is 4.98 Å². The molecule has 0 radical (unpaired) electrons. The monoisotopic (exact) mass is 370 g/mol. The first kappa shape index (κ1) is 18.4. The lowest BCUT2D eigenvalue weighted by molar-refractivity contribution is 0.121. The molecule has 2 aliphatic rings. The predicted octanol–water partition coefficient (Wildman–Crippen LogP) is 2.51. The Bertz CT molecular complexity index is 722. The van der Waals surface area contributed by atoms with Gasteiger partial charge in [0.1, 0.15) is 5.82 Å². The normalized spacial score (nSPS) is 22.3. The summed E-state index contributed by atoms with van der Waals surface area (Å²) in [5, 5.41) is 4.16. The fourth-order valence-electron chi connectivity index (χ4n) is 3.99. The first-order valence-corrected chi connectivity index (χ1v) is 10.2. The molecule has 2 aromatic rings. The van der Waals surface area contributed by atoms with Gasteiger partial charge in [0.25, 0.3) is 0 Å². The molecule has 146 valence electrons. The quantitative estimate of drug-likeness (QED) is 0.801. The zero-order valence-corrected chi connectivity index (χ0v) is 16.5. The van der Waals surface area contributed by atoms with Crippen LogP contribution in [0, 0.1) is 5.92 Å². The minimum Gasteiger partial charge on any atom is -0.356 e. The van der Waals surface area contributed by atoms with Gasteiger partial charge in [-0.2, -0.15) is 4.98 Å². The second kappa shape index (κ2) is 8.35. The molecule has 0 bridgehead atoms. The van der Waals surface area contributed by atoms with Crippen LogP contribution < -0.4 is 4.90 Å². The van der Waals surface area contributed by atoms with Gasteiger partial charge in [0, 0.05) is 51.0 Å². The number of nitrogens with zero attached hydrogens (tertiary/aromatic N) is 6. The Morgan fingerprint density at radius 2 is 1.93 bits per heavy atom. The summed E-state index contributed by atoms with van der Waals surface area (Å²) in [5.41, 5.74) is 0.912. The highest BCUT2D eigenvalue weighted by atomic mass is 16.5. The van der Waals surface area contributed by atoms with Crippen LogP contribution in [0.5, 0.6) is 0 Å². The minimum atomic E-state index is 0.628. The van der Waals surface area contributed by atoms with Gasteiger partial charge in [0.2, 0.25) is 11.7 Å². The summed E-state index contributed by atoms with van der Waals surface area (Å²) in [7, 11) is 0. The first-order valence-electron chi connectivity index (χ1n) is 10.2. The lowest BCUT2D eigenvalue weighted by Crippen LogP contribution is -2.45. The van der Waals surface area contributed by atoms with Crippen molar-refractivity contribution < 1.29 is 4.52 Å². The molecule has 0 aromatic carbocycles. The maximum atomic E-state index is 5.48. The minimum absolute atomic E-state index is 0.628. The standard InChI is InChI=1S/C20H30N6O/c1-3-24-9-11-25(12-10-24)15-19-22-20(23-27-19)17-6-7-18(21-13-17)26-8-4-5-16(2)14-26/h6-7,13,16H,3-5,8-12,14-15H2,1-2H3/t16-/m0/s1. The van der Waals surface area contributed by atoms with Crippen LogP contribution in [0.25, 0.3) is 11.4 Å². The van der Waals surface area contributed by atoms with E-state index < -0.39 is 0 Å². The van der Waals surface area contributed by atoms with E-state index in [1.165, 1.54) is 12.8 Å². The molecule has 27 heavy (non-hydrogen) atoms. The lowest BCUT2D eigenvalue weighted by atomic mass is 10.0. The first-order chi connectivity index (χ1) is 13.2. The zero-order chi connectivity index (χ0) is 18.6. The summed E-state index contributed by atoms with van der Waals surface area (Å²) in [6.07, 6.45) is 4.42. The third kappa shape index (κ3) is 4.47. The summed E-state index contributed by atoms with van der Waals surface area (Å²) in [4.78, 5) is 16.4. The van der Waals surface area contributed by atoms with Crippen molar-refractivity contribution in [2.24, 2.45) is 5.92 Å². The predicted molar refractivity (Wildman–Crippen MR) is 106 cm³/mol. The van der Waals surface area contributed by atoms with Crippen molar-refractivity contribution in [1.29, 1.82) is 0 Å². The van der Waals surface area contributed by atoms with Crippen molar-refractivity contribution in [2.75, 3.05) is 50.7 Å². The molecule has 2 saturated heterocycles. The van der Waals surface area contributed by atoms with E-state index in [2.05, 4.69) is 55.8 Å². The van der Waals surface area contributed by atoms with Crippen LogP contribution in [0.2, 0.25) is 0 Å². The highest BCUT2D eigenvalue weighted by molar-refractivity contribution is 5.55. The molecular formula is C20H30N6O. The summed E-state index contributed by atoms with van der Waals surface area (Å²) in [5.74, 6) is 3.09. The second-order valence-corrected chi connectivity index (χ2v) is 7.82. The smallest absolute Gasteiger partial charge is 0.241 e. The molecule has 4 heterocycles. The summed E-state index contributed by atoms with van der Waals surface area (Å²) in [6.45, 7) is 12.9. The van der Waals surface area contributed by atoms with E-state index in [4.69, 9.17) is 4.52 Å². The molecular weight excluding hydrogens is 340 g/mol. The Hall–Kier alpha value is -1.99. The maximum Gasteiger partial charge on any atom is 0.241 e. The van der Waals surface area contributed by atoms with Crippen molar-refractivity contribution >= 4 is 5.82 Å². The average Bonchev–Trinajstić information content (AvgIpc) is 3.17. The topological polar surface area (TPSA) is 61.5 Å². The molecule has 1 atom stereocenters. The van der Waals surface area contributed by atoms with Gasteiger partial charge < -0.3 is 14.3 Å². The zero-order valence-electron chi connectivity index (χ0n) is 16.5. The van der Waals surface area contributed by atoms with Crippen LogP contribution in [0.15, 0.2) is 22.9 Å². The number of piperazine rings is 1. The van der Waals surface area contributed by atoms with Crippen molar-refractivity contribution in [3.63, 3.8) is 0 Å². The van der Waals surface area contributed by atoms with Gasteiger partial charge in [-0.15, -0.1) is 0 Å². The van der Waals surface area contributed by atoms with Gasteiger partial charge >= 0.3 is 0 Å². The third-order valence-electron chi connectivity index (χ3n) is 5.73. The van der Waals surface area contributed by atoms with Crippen LogP contribution in [-0.4, -0.2) is 70.7 Å². The molecule has 0 spiro atoms. The number of anilines is 1. The van der Waals surface area contributed by atoms with Crippen LogP contribution >= 0.6 is 0 Å². The van der Waals surface area contributed by atoms with E-state index in [0.29, 0.717) is 11.7 Å². The number of likely N-dealkylation sites (N-methyl/N-ethyl adjacent to an activating group) is 1. The largest absolute Gasteiger partial charge is 0.356 e. The highest BCUT2D eigenvalue weighted by Gasteiger charge is 2.20. The number of hydrogen-bond acceptors (Lipinski definition) is 7.